The Bertz CT molecular complexity index is 1580. The second kappa shape index (κ2) is 12.9. The van der Waals surface area contributed by atoms with E-state index in [0.717, 1.165) is 28.6 Å². The molecular weight excluding hydrogens is 597 g/mol. The van der Waals surface area contributed by atoms with Gasteiger partial charge in [0, 0.05) is 39.1 Å². The molecular formula is C30H33Cl2N5O4S. The first-order valence-electron chi connectivity index (χ1n) is 13.7. The molecule has 3 N–H and O–H groups in total. The van der Waals surface area contributed by atoms with Crippen LogP contribution in [-0.4, -0.2) is 69.7 Å². The van der Waals surface area contributed by atoms with E-state index < -0.39 is 22.1 Å². The van der Waals surface area contributed by atoms with Gasteiger partial charge < -0.3 is 20.4 Å². The molecule has 9 nitrogen and oxygen atoms in total. The van der Waals surface area contributed by atoms with Crippen LogP contribution in [0.4, 0.5) is 11.4 Å². The number of sulfonamides is 1. The second-order valence-electron chi connectivity index (χ2n) is 10.6. The molecule has 2 aliphatic rings. The summed E-state index contributed by atoms with van der Waals surface area (Å²) >= 11 is 12.4. The maximum Gasteiger partial charge on any atom is 0.245 e. The number of halogens is 2. The van der Waals surface area contributed by atoms with Crippen molar-refractivity contribution in [3.05, 3.63) is 93.5 Å². The topological polar surface area (TPSA) is 111 Å². The zero-order valence-corrected chi connectivity index (χ0v) is 25.5. The van der Waals surface area contributed by atoms with Crippen LogP contribution < -0.4 is 20.3 Å². The Balaban J connectivity index is 1.30. The lowest BCUT2D eigenvalue weighted by Crippen LogP contribution is -2.58. The highest BCUT2D eigenvalue weighted by atomic mass is 35.5. The second-order valence-corrected chi connectivity index (χ2v) is 13.2. The maximum atomic E-state index is 13.9. The molecule has 2 amide bonds. The van der Waals surface area contributed by atoms with Crippen LogP contribution in [0.3, 0.4) is 0 Å². The zero-order chi connectivity index (χ0) is 29.9. The number of anilines is 2. The van der Waals surface area contributed by atoms with Gasteiger partial charge in [-0.2, -0.15) is 0 Å². The van der Waals surface area contributed by atoms with Gasteiger partial charge in [-0.25, -0.2) is 8.42 Å². The largest absolute Gasteiger partial charge is 0.366 e. The van der Waals surface area contributed by atoms with Crippen molar-refractivity contribution >= 4 is 56.4 Å². The lowest BCUT2D eigenvalue weighted by Gasteiger charge is -2.38. The number of carbonyl (C=O) groups excluding carboxylic acids is 2. The summed E-state index contributed by atoms with van der Waals surface area (Å²) in [6.07, 6.45) is 1.91. The third-order valence-corrected chi connectivity index (χ3v) is 8.90. The van der Waals surface area contributed by atoms with E-state index in [9.17, 15) is 18.0 Å². The zero-order valence-electron chi connectivity index (χ0n) is 23.1. The molecule has 2 atom stereocenters. The smallest absolute Gasteiger partial charge is 0.245 e. The molecule has 0 radical (unpaired) electrons. The summed E-state index contributed by atoms with van der Waals surface area (Å²) in [5.74, 6) is -0.421. The van der Waals surface area contributed by atoms with Crippen LogP contribution in [-0.2, 0) is 39.0 Å². The Morgan fingerprint density at radius 1 is 0.952 bits per heavy atom. The van der Waals surface area contributed by atoms with Crippen LogP contribution in [0, 0.1) is 0 Å². The summed E-state index contributed by atoms with van der Waals surface area (Å²) in [5.41, 5.74) is 4.30. The summed E-state index contributed by atoms with van der Waals surface area (Å²) in [5, 5.41) is 7.11. The van der Waals surface area contributed by atoms with Crippen molar-refractivity contribution in [2.75, 3.05) is 42.1 Å². The van der Waals surface area contributed by atoms with Gasteiger partial charge in [0.05, 0.1) is 33.7 Å². The first kappa shape index (κ1) is 30.2. The Labute approximate surface area is 256 Å². The average molecular weight is 631 g/mol. The van der Waals surface area contributed by atoms with E-state index in [2.05, 4.69) is 15.4 Å². The molecule has 222 valence electrons. The maximum absolute atomic E-state index is 13.9. The Morgan fingerprint density at radius 3 is 2.36 bits per heavy atom. The van der Waals surface area contributed by atoms with Gasteiger partial charge in [0.15, 0.2) is 0 Å². The summed E-state index contributed by atoms with van der Waals surface area (Å²) in [4.78, 5) is 31.1. The first-order chi connectivity index (χ1) is 20.1. The van der Waals surface area contributed by atoms with Crippen molar-refractivity contribution < 1.29 is 18.0 Å². The SMILES string of the molecule is CS(=O)(=O)Nc1ccccc1N1CCN(C(=O)C(Cc2ccc(Cl)c(Cl)c2)NC(=O)C2Cc3ccccc3CN2)CC1. The number of benzene rings is 3. The summed E-state index contributed by atoms with van der Waals surface area (Å²) in [7, 11) is -3.45. The van der Waals surface area contributed by atoms with E-state index in [-0.39, 0.29) is 18.2 Å². The highest BCUT2D eigenvalue weighted by Crippen LogP contribution is 2.28. The van der Waals surface area contributed by atoms with Crippen LogP contribution in [0.1, 0.15) is 16.7 Å². The molecule has 2 unspecified atom stereocenters. The van der Waals surface area contributed by atoms with Crippen molar-refractivity contribution in [1.29, 1.82) is 0 Å². The lowest BCUT2D eigenvalue weighted by atomic mass is 9.95. The molecule has 1 fully saturated rings. The summed E-state index contributed by atoms with van der Waals surface area (Å²) in [6, 6.07) is 19.1. The molecule has 2 aliphatic heterocycles. The van der Waals surface area contributed by atoms with Crippen molar-refractivity contribution in [2.24, 2.45) is 0 Å². The summed E-state index contributed by atoms with van der Waals surface area (Å²) < 4.78 is 26.3. The molecule has 3 aromatic carbocycles. The normalized spacial score (nSPS) is 17.7. The molecule has 2 heterocycles. The van der Waals surface area contributed by atoms with E-state index in [4.69, 9.17) is 23.2 Å². The minimum Gasteiger partial charge on any atom is -0.366 e. The number of piperazine rings is 1. The number of hydrogen-bond donors (Lipinski definition) is 3. The first-order valence-corrected chi connectivity index (χ1v) is 16.4. The van der Waals surface area contributed by atoms with Crippen molar-refractivity contribution in [3.63, 3.8) is 0 Å². The van der Waals surface area contributed by atoms with Crippen molar-refractivity contribution in [3.8, 4) is 0 Å². The standard InChI is InChI=1S/C30H33Cl2N5O4S/c1-42(40,41)35-25-8-4-5-9-28(25)36-12-14-37(15-13-36)30(39)27(17-20-10-11-23(31)24(32)16-20)34-29(38)26-18-21-6-2-3-7-22(21)19-33-26/h2-11,16,26-27,33,35H,12-15,17-19H2,1H3,(H,34,38). The monoisotopic (exact) mass is 629 g/mol. The number of fused-ring (bicyclic) bond motifs is 1. The van der Waals surface area contributed by atoms with Crippen LogP contribution in [0.5, 0.6) is 0 Å². The fraction of sp³-hybridized carbons (Fsp3) is 0.333. The number of hydrogen-bond acceptors (Lipinski definition) is 6. The van der Waals surface area contributed by atoms with Gasteiger partial charge in [-0.05, 0) is 47.4 Å². The predicted octanol–water partition coefficient (Wildman–Crippen LogP) is 3.46. The van der Waals surface area contributed by atoms with Crippen LogP contribution in [0.15, 0.2) is 66.7 Å². The molecule has 0 aliphatic carbocycles. The Morgan fingerprint density at radius 2 is 1.64 bits per heavy atom. The minimum atomic E-state index is -3.45. The van der Waals surface area contributed by atoms with Gasteiger partial charge in [-0.1, -0.05) is 65.7 Å². The summed E-state index contributed by atoms with van der Waals surface area (Å²) in [6.45, 7) is 2.41. The Kier molecular flexibility index (Phi) is 9.27. The molecule has 3 aromatic rings. The number of amides is 2. The third kappa shape index (κ3) is 7.36. The van der Waals surface area contributed by atoms with Gasteiger partial charge in [-0.15, -0.1) is 0 Å². The van der Waals surface area contributed by atoms with Gasteiger partial charge in [-0.3, -0.25) is 14.3 Å². The molecule has 42 heavy (non-hydrogen) atoms. The lowest BCUT2D eigenvalue weighted by molar-refractivity contribution is -0.137. The molecule has 0 bridgehead atoms. The van der Waals surface area contributed by atoms with E-state index in [1.165, 1.54) is 0 Å². The third-order valence-electron chi connectivity index (χ3n) is 7.57. The van der Waals surface area contributed by atoms with E-state index in [0.29, 0.717) is 54.9 Å². The average Bonchev–Trinajstić information content (AvgIpc) is 2.97. The predicted molar refractivity (Wildman–Crippen MR) is 167 cm³/mol. The minimum absolute atomic E-state index is 0.187. The quantitative estimate of drug-likeness (QED) is 0.352. The van der Waals surface area contributed by atoms with Gasteiger partial charge >= 0.3 is 0 Å². The van der Waals surface area contributed by atoms with E-state index in [1.807, 2.05) is 41.3 Å². The van der Waals surface area contributed by atoms with Crippen molar-refractivity contribution in [1.82, 2.24) is 15.5 Å². The van der Waals surface area contributed by atoms with Crippen LogP contribution >= 0.6 is 23.2 Å². The number of carbonyl (C=O) groups is 2. The van der Waals surface area contributed by atoms with Crippen molar-refractivity contribution in [2.45, 2.75) is 31.5 Å². The molecule has 0 aromatic heterocycles. The fourth-order valence-corrected chi connectivity index (χ4v) is 6.33. The van der Waals surface area contributed by atoms with Gasteiger partial charge in [0.25, 0.3) is 0 Å². The van der Waals surface area contributed by atoms with Crippen LogP contribution in [0.25, 0.3) is 0 Å². The fourth-order valence-electron chi connectivity index (χ4n) is 5.44. The highest BCUT2D eigenvalue weighted by Gasteiger charge is 2.32. The van der Waals surface area contributed by atoms with Gasteiger partial charge in [0.1, 0.15) is 6.04 Å². The number of nitrogens with one attached hydrogen (secondary N) is 3. The van der Waals surface area contributed by atoms with Crippen LogP contribution in [0.2, 0.25) is 10.0 Å². The molecule has 0 spiro atoms. The molecule has 12 heteroatoms. The molecule has 1 saturated heterocycles. The van der Waals surface area contributed by atoms with E-state index >= 15 is 0 Å². The number of nitrogens with zero attached hydrogens (tertiary/aromatic N) is 2. The van der Waals surface area contributed by atoms with E-state index in [1.54, 1.807) is 35.2 Å². The Hall–Kier alpha value is -3.31. The highest BCUT2D eigenvalue weighted by molar-refractivity contribution is 7.92. The number of rotatable bonds is 8. The molecule has 5 rings (SSSR count). The molecule has 0 saturated carbocycles. The van der Waals surface area contributed by atoms with Gasteiger partial charge in [0.2, 0.25) is 21.8 Å². The number of para-hydroxylation sites is 2.